The van der Waals surface area contributed by atoms with Crippen molar-refractivity contribution in [2.75, 3.05) is 20.2 Å². The number of ether oxygens (including phenoxy) is 1. The van der Waals surface area contributed by atoms with Crippen molar-refractivity contribution >= 4 is 23.3 Å². The first kappa shape index (κ1) is 18.2. The fraction of sp³-hybridized carbons (Fsp3) is 0.471. The molecular formula is C17H21N5O3S. The summed E-state index contributed by atoms with van der Waals surface area (Å²) in [6, 6.07) is 1.30. The van der Waals surface area contributed by atoms with Crippen molar-refractivity contribution in [3.63, 3.8) is 0 Å². The van der Waals surface area contributed by atoms with Gasteiger partial charge in [-0.2, -0.15) is 0 Å². The highest BCUT2D eigenvalue weighted by atomic mass is 32.1. The molecule has 0 spiro atoms. The third-order valence-corrected chi connectivity index (χ3v) is 5.09. The normalized spacial score (nSPS) is 17.0. The van der Waals surface area contributed by atoms with Crippen molar-refractivity contribution in [2.45, 2.75) is 31.7 Å². The number of carbonyl (C=O) groups is 2. The first-order valence-electron chi connectivity index (χ1n) is 8.53. The van der Waals surface area contributed by atoms with Crippen LogP contribution >= 0.6 is 11.3 Å². The molecule has 0 saturated carbocycles. The number of nitrogens with one attached hydrogen (secondary N) is 1. The van der Waals surface area contributed by atoms with Crippen LogP contribution in [0.3, 0.4) is 0 Å². The molecule has 1 saturated heterocycles. The first-order chi connectivity index (χ1) is 12.7. The van der Waals surface area contributed by atoms with Crippen LogP contribution in [0.5, 0.6) is 0 Å². The van der Waals surface area contributed by atoms with E-state index in [1.54, 1.807) is 18.5 Å². The van der Waals surface area contributed by atoms with Crippen molar-refractivity contribution in [1.29, 1.82) is 0 Å². The van der Waals surface area contributed by atoms with Crippen molar-refractivity contribution in [3.05, 3.63) is 29.5 Å². The van der Waals surface area contributed by atoms with Gasteiger partial charge < -0.3 is 10.1 Å². The van der Waals surface area contributed by atoms with Crippen molar-refractivity contribution < 1.29 is 14.3 Å². The Hall–Kier alpha value is -2.55. The summed E-state index contributed by atoms with van der Waals surface area (Å²) in [5.74, 6) is 0.459. The number of nitrogens with zero attached hydrogens (tertiary/aromatic N) is 4. The van der Waals surface area contributed by atoms with E-state index in [1.807, 2.05) is 5.38 Å². The predicted molar refractivity (Wildman–Crippen MR) is 96.6 cm³/mol. The maximum atomic E-state index is 12.4. The highest BCUT2D eigenvalue weighted by Crippen LogP contribution is 2.20. The SMILES string of the molecule is COC(=O)N1CCCC[C@H]1C(=O)NCCc1csc(-c2ncccn2)n1. The molecule has 0 aliphatic carbocycles. The minimum Gasteiger partial charge on any atom is -0.453 e. The molecule has 0 radical (unpaired) electrons. The molecule has 0 bridgehead atoms. The number of hydrogen-bond acceptors (Lipinski definition) is 7. The van der Waals surface area contributed by atoms with Crippen LogP contribution in [0.1, 0.15) is 25.0 Å². The topological polar surface area (TPSA) is 97.3 Å². The van der Waals surface area contributed by atoms with Gasteiger partial charge in [0.1, 0.15) is 6.04 Å². The second-order valence-corrected chi connectivity index (χ2v) is 6.79. The van der Waals surface area contributed by atoms with Crippen LogP contribution in [0.2, 0.25) is 0 Å². The fourth-order valence-corrected chi connectivity index (χ4v) is 3.70. The number of thiazole rings is 1. The molecule has 138 valence electrons. The standard InChI is InChI=1S/C17H21N5O3S/c1-25-17(24)22-10-3-2-5-13(22)15(23)20-9-6-12-11-26-16(21-12)14-18-7-4-8-19-14/h4,7-8,11,13H,2-3,5-6,9-10H2,1H3,(H,20,23)/t13-/m0/s1. The van der Waals surface area contributed by atoms with E-state index in [2.05, 4.69) is 20.3 Å². The van der Waals surface area contributed by atoms with E-state index in [0.717, 1.165) is 23.5 Å². The van der Waals surface area contributed by atoms with Gasteiger partial charge in [-0.05, 0) is 25.3 Å². The lowest BCUT2D eigenvalue weighted by atomic mass is 10.0. The molecule has 8 nitrogen and oxygen atoms in total. The molecule has 26 heavy (non-hydrogen) atoms. The third kappa shape index (κ3) is 4.34. The molecule has 9 heteroatoms. The van der Waals surface area contributed by atoms with Gasteiger partial charge in [-0.25, -0.2) is 19.7 Å². The molecule has 3 rings (SSSR count). The molecule has 1 atom stereocenters. The molecule has 2 aromatic rings. The molecule has 1 aliphatic heterocycles. The molecule has 0 unspecified atom stereocenters. The Labute approximate surface area is 155 Å². The number of amides is 2. The Kier molecular flexibility index (Phi) is 6.11. The molecule has 0 aromatic carbocycles. The zero-order valence-corrected chi connectivity index (χ0v) is 15.4. The van der Waals surface area contributed by atoms with E-state index >= 15 is 0 Å². The highest BCUT2D eigenvalue weighted by Gasteiger charge is 2.32. The van der Waals surface area contributed by atoms with E-state index in [-0.39, 0.29) is 5.91 Å². The summed E-state index contributed by atoms with van der Waals surface area (Å²) in [6.07, 6.45) is 6.01. The van der Waals surface area contributed by atoms with E-state index < -0.39 is 12.1 Å². The number of likely N-dealkylation sites (tertiary alicyclic amines) is 1. The van der Waals surface area contributed by atoms with Gasteiger partial charge in [-0.1, -0.05) is 0 Å². The summed E-state index contributed by atoms with van der Waals surface area (Å²) in [4.78, 5) is 38.6. The van der Waals surface area contributed by atoms with Gasteiger partial charge in [-0.15, -0.1) is 11.3 Å². The van der Waals surface area contributed by atoms with Gasteiger partial charge >= 0.3 is 6.09 Å². The number of aromatic nitrogens is 3. The number of piperidine rings is 1. The van der Waals surface area contributed by atoms with E-state index in [1.165, 1.54) is 23.3 Å². The van der Waals surface area contributed by atoms with Gasteiger partial charge in [0, 0.05) is 37.3 Å². The Balaban J connectivity index is 1.52. The second-order valence-electron chi connectivity index (χ2n) is 5.93. The Morgan fingerprint density at radius 3 is 2.92 bits per heavy atom. The summed E-state index contributed by atoms with van der Waals surface area (Å²) >= 11 is 1.48. The zero-order valence-electron chi connectivity index (χ0n) is 14.6. The summed E-state index contributed by atoms with van der Waals surface area (Å²) in [5.41, 5.74) is 0.881. The molecule has 1 aliphatic rings. The molecule has 2 amide bonds. The van der Waals surface area contributed by atoms with Crippen LogP contribution in [-0.2, 0) is 16.0 Å². The zero-order chi connectivity index (χ0) is 18.4. The van der Waals surface area contributed by atoms with Gasteiger partial charge in [-0.3, -0.25) is 9.69 Å². The molecule has 2 aromatic heterocycles. The average molecular weight is 375 g/mol. The number of carbonyl (C=O) groups excluding carboxylic acids is 2. The van der Waals surface area contributed by atoms with Crippen LogP contribution in [-0.4, -0.2) is 58.1 Å². The Morgan fingerprint density at radius 2 is 2.15 bits per heavy atom. The summed E-state index contributed by atoms with van der Waals surface area (Å²) in [5, 5.41) is 5.61. The van der Waals surface area contributed by atoms with Crippen LogP contribution in [0.15, 0.2) is 23.8 Å². The van der Waals surface area contributed by atoms with Crippen LogP contribution in [0, 0.1) is 0 Å². The van der Waals surface area contributed by atoms with Crippen LogP contribution in [0.4, 0.5) is 4.79 Å². The lowest BCUT2D eigenvalue weighted by Gasteiger charge is -2.33. The maximum absolute atomic E-state index is 12.4. The number of methoxy groups -OCH3 is 1. The quantitative estimate of drug-likeness (QED) is 0.857. The van der Waals surface area contributed by atoms with Crippen molar-refractivity contribution in [2.24, 2.45) is 0 Å². The van der Waals surface area contributed by atoms with E-state index in [9.17, 15) is 9.59 Å². The number of rotatable bonds is 5. The predicted octanol–water partition coefficient (Wildman–Crippen LogP) is 1.88. The van der Waals surface area contributed by atoms with E-state index in [4.69, 9.17) is 4.74 Å². The molecule has 3 heterocycles. The second kappa shape index (κ2) is 8.70. The lowest BCUT2D eigenvalue weighted by molar-refractivity contribution is -0.126. The minimum absolute atomic E-state index is 0.142. The van der Waals surface area contributed by atoms with Gasteiger partial charge in [0.05, 0.1) is 12.8 Å². The smallest absolute Gasteiger partial charge is 0.410 e. The van der Waals surface area contributed by atoms with E-state index in [0.29, 0.717) is 31.8 Å². The van der Waals surface area contributed by atoms with Crippen LogP contribution < -0.4 is 5.32 Å². The summed E-state index contributed by atoms with van der Waals surface area (Å²) < 4.78 is 4.78. The lowest BCUT2D eigenvalue weighted by Crippen LogP contribution is -2.52. The molecule has 1 N–H and O–H groups in total. The van der Waals surface area contributed by atoms with Crippen molar-refractivity contribution in [3.8, 4) is 10.8 Å². The highest BCUT2D eigenvalue weighted by molar-refractivity contribution is 7.13. The number of hydrogen-bond donors (Lipinski definition) is 1. The largest absolute Gasteiger partial charge is 0.453 e. The molecular weight excluding hydrogens is 354 g/mol. The third-order valence-electron chi connectivity index (χ3n) is 4.20. The first-order valence-corrected chi connectivity index (χ1v) is 9.41. The van der Waals surface area contributed by atoms with Crippen molar-refractivity contribution in [1.82, 2.24) is 25.2 Å². The van der Waals surface area contributed by atoms with Gasteiger partial charge in [0.2, 0.25) is 5.91 Å². The van der Waals surface area contributed by atoms with Gasteiger partial charge in [0.15, 0.2) is 10.8 Å². The van der Waals surface area contributed by atoms with Gasteiger partial charge in [0.25, 0.3) is 0 Å². The Bertz CT molecular complexity index is 752. The molecule has 1 fully saturated rings. The monoisotopic (exact) mass is 375 g/mol. The maximum Gasteiger partial charge on any atom is 0.410 e. The average Bonchev–Trinajstić information content (AvgIpc) is 3.17. The fourth-order valence-electron chi connectivity index (χ4n) is 2.91. The summed E-state index contributed by atoms with van der Waals surface area (Å²) in [6.45, 7) is 1.01. The summed E-state index contributed by atoms with van der Waals surface area (Å²) in [7, 11) is 1.34. The Morgan fingerprint density at radius 1 is 1.35 bits per heavy atom. The van der Waals surface area contributed by atoms with Crippen LogP contribution in [0.25, 0.3) is 10.8 Å². The minimum atomic E-state index is -0.458.